The Balaban J connectivity index is 1.34. The highest BCUT2D eigenvalue weighted by Gasteiger charge is 2.28. The summed E-state index contributed by atoms with van der Waals surface area (Å²) in [6.45, 7) is 0. The molecule has 3 N–H and O–H groups in total. The van der Waals surface area contributed by atoms with Gasteiger partial charge in [0.15, 0.2) is 5.65 Å². The number of para-hydroxylation sites is 1. The van der Waals surface area contributed by atoms with Gasteiger partial charge >= 0.3 is 5.97 Å². The van der Waals surface area contributed by atoms with Crippen molar-refractivity contribution in [3.8, 4) is 11.1 Å². The van der Waals surface area contributed by atoms with Gasteiger partial charge in [-0.1, -0.05) is 49.6 Å². The van der Waals surface area contributed by atoms with Crippen LogP contribution in [0.4, 0.5) is 4.39 Å². The second-order valence-electron chi connectivity index (χ2n) is 10.1. The maximum atomic E-state index is 13.6. The van der Waals surface area contributed by atoms with Crippen molar-refractivity contribution in [3.63, 3.8) is 0 Å². The van der Waals surface area contributed by atoms with Gasteiger partial charge in [-0.2, -0.15) is 5.10 Å². The summed E-state index contributed by atoms with van der Waals surface area (Å²) in [7, 11) is 0. The molecule has 39 heavy (non-hydrogen) atoms. The van der Waals surface area contributed by atoms with E-state index in [0.29, 0.717) is 5.65 Å². The molecule has 3 heterocycles. The van der Waals surface area contributed by atoms with E-state index in [9.17, 15) is 19.1 Å². The first kappa shape index (κ1) is 24.8. The SMILES string of the molecule is O=C(N[C@H](Cc1c[nH]c2ccccc12)C(=O)O)c1cnn2c(C3CCCCC3)c(-c3ccc(F)cc3)cnc12. The molecule has 1 aliphatic rings. The lowest BCUT2D eigenvalue weighted by Gasteiger charge is -2.25. The molecule has 2 aromatic carbocycles. The van der Waals surface area contributed by atoms with Crippen molar-refractivity contribution in [2.45, 2.75) is 50.5 Å². The predicted octanol–water partition coefficient (Wildman–Crippen LogP) is 5.49. The predicted molar refractivity (Wildman–Crippen MR) is 145 cm³/mol. The number of halogens is 1. The topological polar surface area (TPSA) is 112 Å². The number of hydrogen-bond acceptors (Lipinski definition) is 4. The summed E-state index contributed by atoms with van der Waals surface area (Å²) in [5.74, 6) is -1.77. The Labute approximate surface area is 223 Å². The molecule has 1 amide bonds. The van der Waals surface area contributed by atoms with E-state index < -0.39 is 17.9 Å². The number of nitrogens with zero attached hydrogens (tertiary/aromatic N) is 3. The zero-order valence-electron chi connectivity index (χ0n) is 21.2. The highest BCUT2D eigenvalue weighted by atomic mass is 19.1. The molecule has 0 saturated heterocycles. The third kappa shape index (κ3) is 4.76. The van der Waals surface area contributed by atoms with Gasteiger partial charge in [-0.15, -0.1) is 0 Å². The molecule has 1 aliphatic carbocycles. The zero-order valence-corrected chi connectivity index (χ0v) is 21.2. The summed E-state index contributed by atoms with van der Waals surface area (Å²) >= 11 is 0. The van der Waals surface area contributed by atoms with Crippen LogP contribution in [-0.4, -0.2) is 42.6 Å². The molecule has 0 unspecified atom stereocenters. The van der Waals surface area contributed by atoms with Crippen molar-refractivity contribution in [2.24, 2.45) is 0 Å². The number of carbonyl (C=O) groups is 2. The van der Waals surface area contributed by atoms with Crippen molar-refractivity contribution >= 4 is 28.4 Å². The standard InChI is InChI=1S/C30H28FN5O3/c31-21-12-10-18(11-13-21)23-16-33-28-24(17-34-36(28)27(23)19-6-2-1-3-7-19)29(37)35-26(30(38)39)14-20-15-32-25-9-5-4-8-22(20)25/h4-5,8-13,15-17,19,26,32H,1-3,6-7,14H2,(H,35,37)(H,38,39)/t26-/m1/s1. The van der Waals surface area contributed by atoms with Gasteiger partial charge in [0.2, 0.25) is 0 Å². The van der Waals surface area contributed by atoms with Crippen molar-refractivity contribution in [1.29, 1.82) is 0 Å². The molecular formula is C30H28FN5O3. The highest BCUT2D eigenvalue weighted by Crippen LogP contribution is 2.38. The van der Waals surface area contributed by atoms with Crippen LogP contribution in [0.1, 0.15) is 59.6 Å². The minimum Gasteiger partial charge on any atom is -0.480 e. The van der Waals surface area contributed by atoms with E-state index in [1.165, 1.54) is 24.8 Å². The third-order valence-corrected chi connectivity index (χ3v) is 7.66. The molecule has 8 nitrogen and oxygen atoms in total. The van der Waals surface area contributed by atoms with Crippen LogP contribution in [0.5, 0.6) is 0 Å². The molecule has 0 aliphatic heterocycles. The molecular weight excluding hydrogens is 497 g/mol. The number of H-pyrrole nitrogens is 1. The molecule has 1 fully saturated rings. The first-order valence-electron chi connectivity index (χ1n) is 13.2. The van der Waals surface area contributed by atoms with Crippen LogP contribution in [0.25, 0.3) is 27.7 Å². The number of carboxylic acids is 1. The second-order valence-corrected chi connectivity index (χ2v) is 10.1. The van der Waals surface area contributed by atoms with Crippen LogP contribution in [0.3, 0.4) is 0 Å². The Morgan fingerprint density at radius 1 is 1.08 bits per heavy atom. The Morgan fingerprint density at radius 3 is 2.62 bits per heavy atom. The molecule has 0 spiro atoms. The molecule has 198 valence electrons. The number of nitrogens with one attached hydrogen (secondary N) is 2. The van der Waals surface area contributed by atoms with Gasteiger partial charge in [-0.25, -0.2) is 18.7 Å². The average molecular weight is 526 g/mol. The van der Waals surface area contributed by atoms with Gasteiger partial charge in [0.25, 0.3) is 5.91 Å². The normalized spacial score (nSPS) is 15.0. The Hall–Kier alpha value is -4.53. The van der Waals surface area contributed by atoms with Crippen LogP contribution in [0, 0.1) is 5.82 Å². The number of rotatable bonds is 7. The first-order valence-corrected chi connectivity index (χ1v) is 13.2. The van der Waals surface area contributed by atoms with E-state index in [1.807, 2.05) is 24.3 Å². The highest BCUT2D eigenvalue weighted by molar-refractivity contribution is 6.01. The van der Waals surface area contributed by atoms with E-state index in [4.69, 9.17) is 0 Å². The van der Waals surface area contributed by atoms with E-state index in [1.54, 1.807) is 29.0 Å². The summed E-state index contributed by atoms with van der Waals surface area (Å²) < 4.78 is 15.3. The Morgan fingerprint density at radius 2 is 1.85 bits per heavy atom. The molecule has 0 bridgehead atoms. The number of amides is 1. The van der Waals surface area contributed by atoms with Crippen LogP contribution in [0.15, 0.2) is 67.1 Å². The largest absolute Gasteiger partial charge is 0.480 e. The van der Waals surface area contributed by atoms with Gasteiger partial charge in [-0.3, -0.25) is 4.79 Å². The minimum absolute atomic E-state index is 0.125. The van der Waals surface area contributed by atoms with E-state index in [-0.39, 0.29) is 23.7 Å². The lowest BCUT2D eigenvalue weighted by Crippen LogP contribution is -2.42. The molecule has 6 rings (SSSR count). The number of benzene rings is 2. The van der Waals surface area contributed by atoms with Gasteiger partial charge < -0.3 is 15.4 Å². The first-order chi connectivity index (χ1) is 19.0. The minimum atomic E-state index is -1.14. The number of carbonyl (C=O) groups excluding carboxylic acids is 1. The van der Waals surface area contributed by atoms with Gasteiger partial charge in [-0.05, 0) is 42.2 Å². The second kappa shape index (κ2) is 10.3. The number of carboxylic acid groups (broad SMARTS) is 1. The maximum Gasteiger partial charge on any atom is 0.326 e. The molecule has 0 radical (unpaired) electrons. The molecule has 9 heteroatoms. The van der Waals surface area contributed by atoms with Gasteiger partial charge in [0, 0.05) is 41.2 Å². The molecule has 3 aromatic heterocycles. The van der Waals surface area contributed by atoms with E-state index >= 15 is 0 Å². The van der Waals surface area contributed by atoms with E-state index in [0.717, 1.165) is 59.0 Å². The summed E-state index contributed by atoms with van der Waals surface area (Å²) in [5.41, 5.74) is 4.92. The van der Waals surface area contributed by atoms with Crippen molar-refractivity contribution < 1.29 is 19.1 Å². The van der Waals surface area contributed by atoms with Crippen molar-refractivity contribution in [3.05, 3.63) is 89.8 Å². The zero-order chi connectivity index (χ0) is 26.9. The third-order valence-electron chi connectivity index (χ3n) is 7.66. The molecule has 1 saturated carbocycles. The van der Waals surface area contributed by atoms with Crippen molar-refractivity contribution in [2.75, 3.05) is 0 Å². The number of aromatic amines is 1. The summed E-state index contributed by atoms with van der Waals surface area (Å²) in [6.07, 6.45) is 10.4. The number of hydrogen-bond donors (Lipinski definition) is 3. The Kier molecular flexibility index (Phi) is 6.56. The van der Waals surface area contributed by atoms with Crippen LogP contribution in [-0.2, 0) is 11.2 Å². The van der Waals surface area contributed by atoms with Crippen LogP contribution in [0.2, 0.25) is 0 Å². The summed E-state index contributed by atoms with van der Waals surface area (Å²) in [6, 6.07) is 12.8. The van der Waals surface area contributed by atoms with Gasteiger partial charge in [0.05, 0.1) is 11.9 Å². The van der Waals surface area contributed by atoms with Crippen LogP contribution >= 0.6 is 0 Å². The number of aliphatic carboxylic acids is 1. The lowest BCUT2D eigenvalue weighted by molar-refractivity contribution is -0.139. The average Bonchev–Trinajstić information content (AvgIpc) is 3.57. The number of aromatic nitrogens is 4. The fourth-order valence-corrected chi connectivity index (χ4v) is 5.69. The lowest BCUT2D eigenvalue weighted by atomic mass is 9.84. The number of fused-ring (bicyclic) bond motifs is 2. The summed E-state index contributed by atoms with van der Waals surface area (Å²) in [4.78, 5) is 33.2. The molecule has 1 atom stereocenters. The van der Waals surface area contributed by atoms with Crippen molar-refractivity contribution in [1.82, 2.24) is 24.9 Å². The smallest absolute Gasteiger partial charge is 0.326 e. The van der Waals surface area contributed by atoms with E-state index in [2.05, 4.69) is 20.4 Å². The fourth-order valence-electron chi connectivity index (χ4n) is 5.69. The fraction of sp³-hybridized carbons (Fsp3) is 0.267. The van der Waals surface area contributed by atoms with Crippen LogP contribution < -0.4 is 5.32 Å². The molecule has 5 aromatic rings. The van der Waals surface area contributed by atoms with Gasteiger partial charge in [0.1, 0.15) is 17.4 Å². The maximum absolute atomic E-state index is 13.6. The Bertz CT molecular complexity index is 1670. The summed E-state index contributed by atoms with van der Waals surface area (Å²) in [5, 5.41) is 18.1. The quantitative estimate of drug-likeness (QED) is 0.260. The monoisotopic (exact) mass is 525 g/mol.